The van der Waals surface area contributed by atoms with E-state index in [0.717, 1.165) is 0 Å². The van der Waals surface area contributed by atoms with E-state index in [4.69, 9.17) is 0 Å². The van der Waals surface area contributed by atoms with Crippen LogP contribution in [0.3, 0.4) is 0 Å². The van der Waals surface area contributed by atoms with Gasteiger partial charge >= 0.3 is 20.5 Å². The summed E-state index contributed by atoms with van der Waals surface area (Å²) in [6.07, 6.45) is 0. The largest absolute Gasteiger partial charge is 0.376 e. The van der Waals surface area contributed by atoms with Crippen LogP contribution in [0, 0.1) is 0 Å². The van der Waals surface area contributed by atoms with Gasteiger partial charge in [0, 0.05) is 67.5 Å². The van der Waals surface area contributed by atoms with Gasteiger partial charge in [-0.05, 0) is 123 Å². The number of anilines is 6. The van der Waals surface area contributed by atoms with Crippen molar-refractivity contribution in [3.05, 3.63) is 303 Å². The average Bonchev–Trinajstić information content (AvgIpc) is 1.17. The van der Waals surface area contributed by atoms with Gasteiger partial charge in [-0.15, -0.1) is 0 Å². The van der Waals surface area contributed by atoms with Gasteiger partial charge in [-0.2, -0.15) is 0 Å². The molecule has 6 heterocycles. The van der Waals surface area contributed by atoms with Crippen LogP contribution in [0.2, 0.25) is 0 Å². The highest BCUT2D eigenvalue weighted by atomic mass is 28.3. The standard InChI is InChI=1S/C78H50B3N3Si/c1-2-22-51(23-3-1)85(52-42-45-76-64(48-52)58-27-7-16-36-70(58)79-67-33-13-4-24-55(67)61-30-10-19-39-73(61)82(76)79,53-43-46-77-65(49-53)59-28-8-17-37-71(59)80-68-34-14-5-25-56(68)62-31-11-20-40-74(62)83(77)80)54-44-47-78-66(50-54)60-29-9-18-38-72(60)81-69-35-15-6-26-57(69)63-32-12-21-41-75(63)84(78)81/h1-50H. The van der Waals surface area contributed by atoms with Crippen molar-refractivity contribution < 1.29 is 0 Å². The molecule has 0 saturated carbocycles. The third kappa shape index (κ3) is 6.37. The topological polar surface area (TPSA) is 9.72 Å². The highest BCUT2D eigenvalue weighted by molar-refractivity contribution is 7.20. The molecule has 0 unspecified atom stereocenters. The fraction of sp³-hybridized carbons (Fsp3) is 0. The zero-order valence-corrected chi connectivity index (χ0v) is 47.4. The molecule has 0 fully saturated rings. The third-order valence-corrected chi connectivity index (χ3v) is 24.5. The molecule has 0 spiro atoms. The molecule has 0 saturated heterocycles. The monoisotopic (exact) mass is 1090 g/mol. The Morgan fingerprint density at radius 1 is 0.176 bits per heavy atom. The van der Waals surface area contributed by atoms with E-state index in [1.165, 1.54) is 154 Å². The van der Waals surface area contributed by atoms with Crippen LogP contribution in [-0.2, 0) is 0 Å². The van der Waals surface area contributed by atoms with Gasteiger partial charge in [-0.1, -0.05) is 267 Å². The first kappa shape index (κ1) is 47.2. The molecule has 0 amide bonds. The molecule has 13 aromatic rings. The van der Waals surface area contributed by atoms with Gasteiger partial charge in [0.15, 0.2) is 8.07 Å². The van der Waals surface area contributed by atoms with E-state index < -0.39 is 8.07 Å². The molecule has 13 aromatic carbocycles. The Morgan fingerprint density at radius 3 is 0.694 bits per heavy atom. The molecular weight excluding hydrogens is 1040 g/mol. The number of fused-ring (bicyclic) bond motifs is 33. The van der Waals surface area contributed by atoms with E-state index in [1.807, 2.05) is 0 Å². The fourth-order valence-corrected chi connectivity index (χ4v) is 21.2. The van der Waals surface area contributed by atoms with Crippen molar-refractivity contribution >= 4 is 116 Å². The zero-order valence-electron chi connectivity index (χ0n) is 46.4. The normalized spacial score (nSPS) is 13.7. The lowest BCUT2D eigenvalue weighted by Crippen LogP contribution is -2.75. The van der Waals surface area contributed by atoms with Crippen LogP contribution in [0.4, 0.5) is 34.1 Å². The van der Waals surface area contributed by atoms with Crippen molar-refractivity contribution in [2.75, 3.05) is 14.4 Å². The summed E-state index contributed by atoms with van der Waals surface area (Å²) < 4.78 is 0. The van der Waals surface area contributed by atoms with Crippen molar-refractivity contribution in [3.63, 3.8) is 0 Å². The molecule has 0 N–H and O–H groups in total. The van der Waals surface area contributed by atoms with Crippen LogP contribution in [0.1, 0.15) is 0 Å². The maximum atomic E-state index is 2.65. The smallest absolute Gasteiger partial charge is 0.329 e. The Hall–Kier alpha value is -10.3. The molecule has 0 radical (unpaired) electrons. The molecule has 19 rings (SSSR count). The maximum absolute atomic E-state index is 3.42. The summed E-state index contributed by atoms with van der Waals surface area (Å²) >= 11 is 0. The van der Waals surface area contributed by atoms with Crippen molar-refractivity contribution in [1.29, 1.82) is 0 Å². The summed E-state index contributed by atoms with van der Waals surface area (Å²) in [5.41, 5.74) is 30.8. The summed E-state index contributed by atoms with van der Waals surface area (Å²) in [6.45, 7) is 0.0545. The minimum absolute atomic E-state index is 0.0182. The predicted octanol–water partition coefficient (Wildman–Crippen LogP) is 11.8. The van der Waals surface area contributed by atoms with Crippen LogP contribution in [0.5, 0.6) is 0 Å². The van der Waals surface area contributed by atoms with Gasteiger partial charge in [-0.25, -0.2) is 0 Å². The molecule has 390 valence electrons. The number of rotatable bonds is 4. The highest BCUT2D eigenvalue weighted by Gasteiger charge is 2.49. The molecular formula is C78H50B3N3Si. The lowest BCUT2D eigenvalue weighted by molar-refractivity contribution is 1.35. The number of hydrogen-bond donors (Lipinski definition) is 0. The lowest BCUT2D eigenvalue weighted by Gasteiger charge is -2.45. The van der Waals surface area contributed by atoms with E-state index in [1.54, 1.807) is 0 Å². The van der Waals surface area contributed by atoms with E-state index >= 15 is 0 Å². The SMILES string of the molecule is c1ccc([Si](c2ccc3c(c2)-c2ccccc2B2c4ccccc4-c4ccccc4N23)(c2ccc3c(c2)-c2ccccc2B2c4ccccc4-c4ccccc4N23)c2ccc3c(c2)-c2ccccc2B2c4ccccc4-c4ccccc4N23)cc1. The molecule has 6 aliphatic rings. The second-order valence-corrected chi connectivity index (χ2v) is 27.5. The Morgan fingerprint density at radius 2 is 0.400 bits per heavy atom. The Labute approximate surface area is 497 Å². The second-order valence-electron chi connectivity index (χ2n) is 23.7. The van der Waals surface area contributed by atoms with Crippen LogP contribution in [0.15, 0.2) is 303 Å². The molecule has 0 atom stereocenters. The molecule has 6 aliphatic heterocycles. The first-order valence-corrected chi connectivity index (χ1v) is 31.9. The van der Waals surface area contributed by atoms with Crippen molar-refractivity contribution in [2.45, 2.75) is 0 Å². The van der Waals surface area contributed by atoms with Crippen molar-refractivity contribution in [3.8, 4) is 66.8 Å². The molecule has 3 nitrogen and oxygen atoms in total. The Kier molecular flexibility index (Phi) is 9.91. The summed E-state index contributed by atoms with van der Waals surface area (Å²) in [6, 6.07) is 117. The average molecular weight is 1090 g/mol. The molecule has 0 aliphatic carbocycles. The Bertz CT molecular complexity index is 4540. The molecule has 7 heteroatoms. The van der Waals surface area contributed by atoms with Gasteiger partial charge in [-0.3, -0.25) is 0 Å². The minimum atomic E-state index is -3.42. The Balaban J connectivity index is 0.905. The number of benzene rings is 13. The number of nitrogens with zero attached hydrogens (tertiary/aromatic N) is 3. The quantitative estimate of drug-likeness (QED) is 0.128. The predicted molar refractivity (Wildman–Crippen MR) is 363 cm³/mol. The molecule has 85 heavy (non-hydrogen) atoms. The van der Waals surface area contributed by atoms with Crippen molar-refractivity contribution in [2.24, 2.45) is 0 Å². The number of hydrogen-bond acceptors (Lipinski definition) is 3. The number of para-hydroxylation sites is 3. The molecule has 0 bridgehead atoms. The summed E-state index contributed by atoms with van der Waals surface area (Å²) in [5, 5.41) is 5.37. The first-order valence-electron chi connectivity index (χ1n) is 29.9. The van der Waals surface area contributed by atoms with Gasteiger partial charge < -0.3 is 14.4 Å². The summed E-state index contributed by atoms with van der Waals surface area (Å²) in [7, 11) is -3.42. The highest BCUT2D eigenvalue weighted by Crippen LogP contribution is 2.49. The summed E-state index contributed by atoms with van der Waals surface area (Å²) in [4.78, 5) is 7.94. The first-order chi connectivity index (χ1) is 42.2. The van der Waals surface area contributed by atoms with Crippen molar-refractivity contribution in [1.82, 2.24) is 0 Å². The summed E-state index contributed by atoms with van der Waals surface area (Å²) in [5.74, 6) is 0. The van der Waals surface area contributed by atoms with Gasteiger partial charge in [0.05, 0.1) is 0 Å². The molecule has 0 aromatic heterocycles. The second kappa shape index (κ2) is 17.8. The van der Waals surface area contributed by atoms with E-state index in [-0.39, 0.29) is 20.5 Å². The fourth-order valence-electron chi connectivity index (χ4n) is 16.5. The van der Waals surface area contributed by atoms with E-state index in [0.29, 0.717) is 0 Å². The van der Waals surface area contributed by atoms with Crippen LogP contribution in [0.25, 0.3) is 66.8 Å². The third-order valence-electron chi connectivity index (χ3n) is 19.8. The lowest BCUT2D eigenvalue weighted by atomic mass is 9.43. The van der Waals surface area contributed by atoms with Gasteiger partial charge in [0.2, 0.25) is 0 Å². The zero-order chi connectivity index (χ0) is 55.5. The van der Waals surface area contributed by atoms with Crippen LogP contribution >= 0.6 is 0 Å². The maximum Gasteiger partial charge on any atom is 0.329 e. The van der Waals surface area contributed by atoms with E-state index in [9.17, 15) is 0 Å². The minimum Gasteiger partial charge on any atom is -0.376 e. The van der Waals surface area contributed by atoms with Crippen LogP contribution in [-0.4, -0.2) is 28.6 Å². The van der Waals surface area contributed by atoms with Gasteiger partial charge in [0.25, 0.3) is 0 Å². The van der Waals surface area contributed by atoms with E-state index in [2.05, 4.69) is 318 Å². The van der Waals surface area contributed by atoms with Crippen LogP contribution < -0.4 is 68.0 Å². The van der Waals surface area contributed by atoms with Gasteiger partial charge in [0.1, 0.15) is 0 Å².